The van der Waals surface area contributed by atoms with Gasteiger partial charge in [-0.05, 0) is 42.8 Å². The third-order valence-electron chi connectivity index (χ3n) is 3.71. The SMILES string of the molecule is Cc1ccc(/C=C2\SC(=O)N(Cc3ccc(C)cc3)C2=O)cc1. The Bertz CT molecular complexity index is 776. The van der Waals surface area contributed by atoms with Crippen molar-refractivity contribution in [2.24, 2.45) is 0 Å². The highest BCUT2D eigenvalue weighted by atomic mass is 32.2. The third kappa shape index (κ3) is 3.54. The maximum atomic E-state index is 12.5. The number of amides is 2. The lowest BCUT2D eigenvalue weighted by molar-refractivity contribution is -0.123. The van der Waals surface area contributed by atoms with E-state index < -0.39 is 0 Å². The first-order valence-corrected chi connectivity index (χ1v) is 8.22. The van der Waals surface area contributed by atoms with E-state index in [1.807, 2.05) is 62.4 Å². The Morgan fingerprint density at radius 3 is 2.09 bits per heavy atom. The summed E-state index contributed by atoms with van der Waals surface area (Å²) in [6, 6.07) is 15.7. The van der Waals surface area contributed by atoms with E-state index in [0.29, 0.717) is 11.4 Å². The van der Waals surface area contributed by atoms with Crippen LogP contribution >= 0.6 is 11.8 Å². The van der Waals surface area contributed by atoms with E-state index in [1.165, 1.54) is 4.90 Å². The maximum absolute atomic E-state index is 12.5. The van der Waals surface area contributed by atoms with E-state index in [2.05, 4.69) is 0 Å². The smallest absolute Gasteiger partial charge is 0.268 e. The van der Waals surface area contributed by atoms with Gasteiger partial charge in [0, 0.05) is 0 Å². The van der Waals surface area contributed by atoms with Gasteiger partial charge in [-0.3, -0.25) is 14.5 Å². The second-order valence-electron chi connectivity index (χ2n) is 5.66. The molecular weight excluding hydrogens is 306 g/mol. The van der Waals surface area contributed by atoms with Gasteiger partial charge in [0.1, 0.15) is 0 Å². The molecule has 1 fully saturated rings. The molecule has 0 bridgehead atoms. The van der Waals surface area contributed by atoms with Crippen molar-refractivity contribution in [3.8, 4) is 0 Å². The van der Waals surface area contributed by atoms with Crippen LogP contribution in [0.5, 0.6) is 0 Å². The number of nitrogens with zero attached hydrogens (tertiary/aromatic N) is 1. The van der Waals surface area contributed by atoms with Gasteiger partial charge in [-0.25, -0.2) is 0 Å². The molecule has 116 valence electrons. The molecule has 0 radical (unpaired) electrons. The van der Waals surface area contributed by atoms with Crippen LogP contribution in [-0.2, 0) is 11.3 Å². The van der Waals surface area contributed by atoms with Crippen molar-refractivity contribution in [1.82, 2.24) is 4.90 Å². The van der Waals surface area contributed by atoms with Gasteiger partial charge in [-0.2, -0.15) is 0 Å². The molecule has 0 aromatic heterocycles. The zero-order valence-corrected chi connectivity index (χ0v) is 13.9. The van der Waals surface area contributed by atoms with Crippen LogP contribution in [0.15, 0.2) is 53.4 Å². The lowest BCUT2D eigenvalue weighted by atomic mass is 10.1. The number of aryl methyl sites for hydroxylation is 2. The second-order valence-corrected chi connectivity index (χ2v) is 6.66. The van der Waals surface area contributed by atoms with Crippen LogP contribution in [0, 0.1) is 13.8 Å². The van der Waals surface area contributed by atoms with Gasteiger partial charge >= 0.3 is 0 Å². The number of carbonyl (C=O) groups is 2. The predicted molar refractivity (Wildman–Crippen MR) is 93.9 cm³/mol. The molecule has 1 saturated heterocycles. The zero-order valence-electron chi connectivity index (χ0n) is 13.1. The fourth-order valence-electron chi connectivity index (χ4n) is 2.33. The molecule has 2 amide bonds. The Morgan fingerprint density at radius 2 is 1.48 bits per heavy atom. The summed E-state index contributed by atoms with van der Waals surface area (Å²) in [5.74, 6) is -0.221. The summed E-state index contributed by atoms with van der Waals surface area (Å²) in [4.78, 5) is 26.4. The molecule has 23 heavy (non-hydrogen) atoms. The minimum absolute atomic E-state index is 0.214. The Morgan fingerprint density at radius 1 is 0.913 bits per heavy atom. The van der Waals surface area contributed by atoms with Crippen LogP contribution in [0.4, 0.5) is 4.79 Å². The molecule has 0 aliphatic carbocycles. The van der Waals surface area contributed by atoms with E-state index in [-0.39, 0.29) is 11.1 Å². The molecule has 3 rings (SSSR count). The molecular formula is C19H17NO2S. The van der Waals surface area contributed by atoms with E-state index >= 15 is 0 Å². The van der Waals surface area contributed by atoms with Crippen molar-refractivity contribution in [3.05, 3.63) is 75.7 Å². The number of hydrogen-bond acceptors (Lipinski definition) is 3. The first-order valence-electron chi connectivity index (χ1n) is 7.40. The molecule has 0 atom stereocenters. The summed E-state index contributed by atoms with van der Waals surface area (Å²) in [7, 11) is 0. The zero-order chi connectivity index (χ0) is 16.4. The van der Waals surface area contributed by atoms with Crippen molar-refractivity contribution in [2.75, 3.05) is 0 Å². The molecule has 1 aliphatic heterocycles. The fraction of sp³-hybridized carbons (Fsp3) is 0.158. The topological polar surface area (TPSA) is 37.4 Å². The fourth-order valence-corrected chi connectivity index (χ4v) is 3.16. The highest BCUT2D eigenvalue weighted by molar-refractivity contribution is 8.18. The number of thioether (sulfide) groups is 1. The van der Waals surface area contributed by atoms with Crippen LogP contribution in [0.25, 0.3) is 6.08 Å². The molecule has 0 spiro atoms. The molecule has 1 heterocycles. The second kappa shape index (κ2) is 6.42. The van der Waals surface area contributed by atoms with Crippen molar-refractivity contribution in [1.29, 1.82) is 0 Å². The molecule has 3 nitrogen and oxygen atoms in total. The maximum Gasteiger partial charge on any atom is 0.293 e. The van der Waals surface area contributed by atoms with Crippen LogP contribution in [0.1, 0.15) is 22.3 Å². The lowest BCUT2D eigenvalue weighted by Crippen LogP contribution is -2.27. The van der Waals surface area contributed by atoms with Crippen LogP contribution in [0.2, 0.25) is 0 Å². The van der Waals surface area contributed by atoms with Crippen LogP contribution < -0.4 is 0 Å². The van der Waals surface area contributed by atoms with Crippen LogP contribution in [-0.4, -0.2) is 16.0 Å². The van der Waals surface area contributed by atoms with Crippen molar-refractivity contribution in [2.45, 2.75) is 20.4 Å². The summed E-state index contributed by atoms with van der Waals surface area (Å²) in [5.41, 5.74) is 4.20. The molecule has 0 unspecified atom stereocenters. The monoisotopic (exact) mass is 323 g/mol. The van der Waals surface area contributed by atoms with Gasteiger partial charge < -0.3 is 0 Å². The number of carbonyl (C=O) groups excluding carboxylic acids is 2. The molecule has 1 aliphatic rings. The minimum Gasteiger partial charge on any atom is -0.268 e. The first kappa shape index (κ1) is 15.6. The van der Waals surface area contributed by atoms with E-state index in [0.717, 1.165) is 34.0 Å². The average molecular weight is 323 g/mol. The average Bonchev–Trinajstić information content (AvgIpc) is 2.79. The number of imide groups is 1. The molecule has 2 aromatic rings. The van der Waals surface area contributed by atoms with Gasteiger partial charge in [0.25, 0.3) is 11.1 Å². The summed E-state index contributed by atoms with van der Waals surface area (Å²) in [6.45, 7) is 4.34. The van der Waals surface area contributed by atoms with Crippen LogP contribution in [0.3, 0.4) is 0 Å². The number of rotatable bonds is 3. The number of benzene rings is 2. The van der Waals surface area contributed by atoms with Gasteiger partial charge in [0.2, 0.25) is 0 Å². The normalized spacial score (nSPS) is 16.4. The molecule has 4 heteroatoms. The Kier molecular flexibility index (Phi) is 4.35. The summed E-state index contributed by atoms with van der Waals surface area (Å²) in [6.07, 6.45) is 1.78. The summed E-state index contributed by atoms with van der Waals surface area (Å²) in [5, 5.41) is -0.214. The first-order chi connectivity index (χ1) is 11.0. The largest absolute Gasteiger partial charge is 0.293 e. The highest BCUT2D eigenvalue weighted by Gasteiger charge is 2.34. The number of hydrogen-bond donors (Lipinski definition) is 0. The van der Waals surface area contributed by atoms with E-state index in [1.54, 1.807) is 6.08 Å². The standard InChI is InChI=1S/C19H17NO2S/c1-13-3-7-15(8-4-13)11-17-18(21)20(19(22)23-17)12-16-9-5-14(2)6-10-16/h3-11H,12H2,1-2H3/b17-11-. The van der Waals surface area contributed by atoms with E-state index in [4.69, 9.17) is 0 Å². The molecule has 0 saturated carbocycles. The quantitative estimate of drug-likeness (QED) is 0.778. The summed E-state index contributed by atoms with van der Waals surface area (Å²) >= 11 is 1.00. The van der Waals surface area contributed by atoms with Gasteiger partial charge in [0.15, 0.2) is 0 Å². The van der Waals surface area contributed by atoms with E-state index in [9.17, 15) is 9.59 Å². The Balaban J connectivity index is 1.79. The lowest BCUT2D eigenvalue weighted by Gasteiger charge is -2.12. The Hall–Kier alpha value is -2.33. The summed E-state index contributed by atoms with van der Waals surface area (Å²) < 4.78 is 0. The van der Waals surface area contributed by atoms with Gasteiger partial charge in [0.05, 0.1) is 11.4 Å². The third-order valence-corrected chi connectivity index (χ3v) is 4.62. The minimum atomic E-state index is -0.221. The van der Waals surface area contributed by atoms with Crippen molar-refractivity contribution >= 4 is 29.0 Å². The Labute approximate surface area is 140 Å². The van der Waals surface area contributed by atoms with Crippen molar-refractivity contribution < 1.29 is 9.59 Å². The van der Waals surface area contributed by atoms with Gasteiger partial charge in [-0.1, -0.05) is 59.7 Å². The predicted octanol–water partition coefficient (Wildman–Crippen LogP) is 4.54. The van der Waals surface area contributed by atoms with Gasteiger partial charge in [-0.15, -0.1) is 0 Å². The van der Waals surface area contributed by atoms with Crippen molar-refractivity contribution in [3.63, 3.8) is 0 Å². The highest BCUT2D eigenvalue weighted by Crippen LogP contribution is 2.33. The molecule has 0 N–H and O–H groups in total. The molecule has 2 aromatic carbocycles.